The van der Waals surface area contributed by atoms with Crippen molar-refractivity contribution in [3.63, 3.8) is 0 Å². The fraction of sp³-hybridized carbons (Fsp3) is 0.167. The first-order valence-corrected chi connectivity index (χ1v) is 6.22. The number of aliphatic carboxylic acids is 1. The number of carbonyl (C=O) groups excluding carboxylic acids is 1. The summed E-state index contributed by atoms with van der Waals surface area (Å²) in [6, 6.07) is 3.66. The summed E-state index contributed by atoms with van der Waals surface area (Å²) in [5, 5.41) is 11.7. The van der Waals surface area contributed by atoms with Gasteiger partial charge < -0.3 is 10.4 Å². The maximum Gasteiger partial charge on any atom is 0.326 e. The Morgan fingerprint density at radius 2 is 2.22 bits per heavy atom. The highest BCUT2D eigenvalue weighted by atomic mass is 79.9. The number of nitrogens with one attached hydrogen (secondary N) is 1. The lowest BCUT2D eigenvalue weighted by Gasteiger charge is -2.12. The van der Waals surface area contributed by atoms with Gasteiger partial charge in [-0.2, -0.15) is 0 Å². The van der Waals surface area contributed by atoms with Crippen LogP contribution in [0.2, 0.25) is 5.02 Å². The smallest absolute Gasteiger partial charge is 0.326 e. The van der Waals surface area contributed by atoms with Crippen LogP contribution in [0.15, 0.2) is 35.3 Å². The molecule has 0 fully saturated rings. The summed E-state index contributed by atoms with van der Waals surface area (Å²) in [6.07, 6.45) is 1.60. The SMILES string of the molecule is C=CCC(NC(=O)c1ccc(Br)c(Cl)c1)C(=O)O. The molecule has 0 heterocycles. The number of carboxylic acid groups (broad SMARTS) is 1. The molecule has 0 aliphatic heterocycles. The summed E-state index contributed by atoms with van der Waals surface area (Å²) in [5.41, 5.74) is 0.304. The molecule has 1 rings (SSSR count). The number of carbonyl (C=O) groups is 2. The van der Waals surface area contributed by atoms with E-state index in [1.165, 1.54) is 12.1 Å². The fourth-order valence-electron chi connectivity index (χ4n) is 1.27. The van der Waals surface area contributed by atoms with Crippen LogP contribution in [0.4, 0.5) is 0 Å². The zero-order valence-electron chi connectivity index (χ0n) is 9.32. The molecule has 18 heavy (non-hydrogen) atoms. The Balaban J connectivity index is 2.83. The van der Waals surface area contributed by atoms with Crippen LogP contribution in [0.1, 0.15) is 16.8 Å². The van der Waals surface area contributed by atoms with Gasteiger partial charge in [0.1, 0.15) is 6.04 Å². The van der Waals surface area contributed by atoms with E-state index >= 15 is 0 Å². The van der Waals surface area contributed by atoms with Gasteiger partial charge in [-0.25, -0.2) is 4.79 Å². The number of carboxylic acids is 1. The van der Waals surface area contributed by atoms with Gasteiger partial charge in [0.05, 0.1) is 5.02 Å². The second-order valence-electron chi connectivity index (χ2n) is 3.52. The summed E-state index contributed by atoms with van der Waals surface area (Å²) in [6.45, 7) is 3.45. The Labute approximate surface area is 118 Å². The molecule has 0 radical (unpaired) electrons. The van der Waals surface area contributed by atoms with E-state index in [4.69, 9.17) is 16.7 Å². The van der Waals surface area contributed by atoms with Crippen molar-refractivity contribution in [2.45, 2.75) is 12.5 Å². The van der Waals surface area contributed by atoms with Crippen LogP contribution in [-0.2, 0) is 4.79 Å². The van der Waals surface area contributed by atoms with Crippen molar-refractivity contribution in [2.24, 2.45) is 0 Å². The third-order valence-electron chi connectivity index (χ3n) is 2.19. The fourth-order valence-corrected chi connectivity index (χ4v) is 1.69. The van der Waals surface area contributed by atoms with E-state index in [0.717, 1.165) is 0 Å². The average molecular weight is 333 g/mol. The van der Waals surface area contributed by atoms with Crippen LogP contribution in [0, 0.1) is 0 Å². The van der Waals surface area contributed by atoms with Crippen LogP contribution in [-0.4, -0.2) is 23.0 Å². The normalized spacial score (nSPS) is 11.7. The van der Waals surface area contributed by atoms with E-state index in [9.17, 15) is 9.59 Å². The molecule has 0 bridgehead atoms. The molecule has 1 atom stereocenters. The van der Waals surface area contributed by atoms with Gasteiger partial charge >= 0.3 is 5.97 Å². The van der Waals surface area contributed by atoms with Crippen LogP contribution in [0.5, 0.6) is 0 Å². The Morgan fingerprint density at radius 3 is 2.72 bits per heavy atom. The Hall–Kier alpha value is -1.33. The van der Waals surface area contributed by atoms with Gasteiger partial charge in [-0.3, -0.25) is 4.79 Å². The van der Waals surface area contributed by atoms with E-state index in [-0.39, 0.29) is 6.42 Å². The lowest BCUT2D eigenvalue weighted by atomic mass is 10.1. The molecule has 96 valence electrons. The second-order valence-corrected chi connectivity index (χ2v) is 4.78. The molecule has 0 aromatic heterocycles. The number of hydrogen-bond donors (Lipinski definition) is 2. The van der Waals surface area contributed by atoms with Crippen molar-refractivity contribution in [1.82, 2.24) is 5.32 Å². The molecule has 0 saturated carbocycles. The van der Waals surface area contributed by atoms with Crippen molar-refractivity contribution in [3.8, 4) is 0 Å². The number of benzene rings is 1. The lowest BCUT2D eigenvalue weighted by molar-refractivity contribution is -0.139. The molecule has 1 unspecified atom stereocenters. The highest BCUT2D eigenvalue weighted by molar-refractivity contribution is 9.10. The predicted molar refractivity (Wildman–Crippen MR) is 72.9 cm³/mol. The van der Waals surface area contributed by atoms with E-state index < -0.39 is 17.9 Å². The molecule has 0 aliphatic rings. The largest absolute Gasteiger partial charge is 0.480 e. The summed E-state index contributed by atoms with van der Waals surface area (Å²) in [5.74, 6) is -1.59. The van der Waals surface area contributed by atoms with Gasteiger partial charge in [0, 0.05) is 10.0 Å². The summed E-state index contributed by atoms with van der Waals surface area (Å²) >= 11 is 9.07. The van der Waals surface area contributed by atoms with Crippen LogP contribution >= 0.6 is 27.5 Å². The first-order chi connectivity index (χ1) is 8.45. The average Bonchev–Trinajstić information content (AvgIpc) is 2.31. The first kappa shape index (κ1) is 14.7. The van der Waals surface area contributed by atoms with Crippen molar-refractivity contribution in [2.75, 3.05) is 0 Å². The second kappa shape index (κ2) is 6.56. The zero-order valence-corrected chi connectivity index (χ0v) is 11.7. The molecule has 0 aliphatic carbocycles. The van der Waals surface area contributed by atoms with Crippen LogP contribution in [0.25, 0.3) is 0 Å². The van der Waals surface area contributed by atoms with E-state index in [2.05, 4.69) is 27.8 Å². The molecule has 0 saturated heterocycles. The minimum Gasteiger partial charge on any atom is -0.480 e. The first-order valence-electron chi connectivity index (χ1n) is 5.05. The van der Waals surface area contributed by atoms with Gasteiger partial charge in [-0.05, 0) is 40.5 Å². The number of rotatable bonds is 5. The van der Waals surface area contributed by atoms with Gasteiger partial charge in [-0.1, -0.05) is 17.7 Å². The molecular weight excluding hydrogens is 321 g/mol. The van der Waals surface area contributed by atoms with E-state index in [0.29, 0.717) is 15.1 Å². The Kier molecular flexibility index (Phi) is 5.37. The molecule has 4 nitrogen and oxygen atoms in total. The Bertz CT molecular complexity index is 490. The zero-order chi connectivity index (χ0) is 13.7. The summed E-state index contributed by atoms with van der Waals surface area (Å²) in [7, 11) is 0. The van der Waals surface area contributed by atoms with Crippen molar-refractivity contribution < 1.29 is 14.7 Å². The minimum absolute atomic E-state index is 0.158. The third-order valence-corrected chi connectivity index (χ3v) is 3.42. The lowest BCUT2D eigenvalue weighted by Crippen LogP contribution is -2.40. The quantitative estimate of drug-likeness (QED) is 0.815. The van der Waals surface area contributed by atoms with Crippen molar-refractivity contribution >= 4 is 39.4 Å². The standard InChI is InChI=1S/C12H11BrClNO3/c1-2-3-10(12(17)18)15-11(16)7-4-5-8(13)9(14)6-7/h2,4-6,10H,1,3H2,(H,15,16)(H,17,18). The highest BCUT2D eigenvalue weighted by Gasteiger charge is 2.19. The maximum absolute atomic E-state index is 11.8. The molecule has 1 aromatic rings. The van der Waals surface area contributed by atoms with Gasteiger partial charge in [0.15, 0.2) is 0 Å². The molecule has 1 aromatic carbocycles. The maximum atomic E-state index is 11.8. The summed E-state index contributed by atoms with van der Waals surface area (Å²) < 4.78 is 0.668. The van der Waals surface area contributed by atoms with Crippen molar-refractivity contribution in [3.05, 3.63) is 45.9 Å². The number of halogens is 2. The minimum atomic E-state index is -1.11. The molecule has 0 spiro atoms. The van der Waals surface area contributed by atoms with Gasteiger partial charge in [0.25, 0.3) is 5.91 Å². The molecule has 6 heteroatoms. The van der Waals surface area contributed by atoms with Crippen molar-refractivity contribution in [1.29, 1.82) is 0 Å². The number of hydrogen-bond acceptors (Lipinski definition) is 2. The van der Waals surface area contributed by atoms with Gasteiger partial charge in [0.2, 0.25) is 0 Å². The van der Waals surface area contributed by atoms with E-state index in [1.807, 2.05) is 0 Å². The predicted octanol–water partition coefficient (Wildman–Crippen LogP) is 2.86. The molecule has 1 amide bonds. The Morgan fingerprint density at radius 1 is 1.56 bits per heavy atom. The van der Waals surface area contributed by atoms with Gasteiger partial charge in [-0.15, -0.1) is 6.58 Å². The number of amides is 1. The molecular formula is C12H11BrClNO3. The van der Waals surface area contributed by atoms with Crippen LogP contribution in [0.3, 0.4) is 0 Å². The topological polar surface area (TPSA) is 66.4 Å². The highest BCUT2D eigenvalue weighted by Crippen LogP contribution is 2.23. The molecule has 2 N–H and O–H groups in total. The van der Waals surface area contributed by atoms with Crippen LogP contribution < -0.4 is 5.32 Å². The summed E-state index contributed by atoms with van der Waals surface area (Å²) in [4.78, 5) is 22.7. The van der Waals surface area contributed by atoms with E-state index in [1.54, 1.807) is 12.1 Å². The third kappa shape index (κ3) is 3.85. The monoisotopic (exact) mass is 331 g/mol.